The fourth-order valence-corrected chi connectivity index (χ4v) is 3.66. The second-order valence-electron chi connectivity index (χ2n) is 5.10. The fourth-order valence-electron chi connectivity index (χ4n) is 1.83. The Morgan fingerprint density at radius 2 is 1.78 bits per heavy atom. The Bertz CT molecular complexity index is 618. The molecule has 0 atom stereocenters. The van der Waals surface area contributed by atoms with Gasteiger partial charge in [-0.2, -0.15) is 0 Å². The lowest BCUT2D eigenvalue weighted by Gasteiger charge is -2.22. The molecule has 0 fully saturated rings. The Hall–Kier alpha value is -0.840. The minimum Gasteiger partial charge on any atom is -0.384 e. The Morgan fingerprint density at radius 1 is 1.22 bits per heavy atom. The largest absolute Gasteiger partial charge is 0.384 e. The van der Waals surface area contributed by atoms with Crippen LogP contribution in [0.25, 0.3) is 10.4 Å². The molecule has 0 amide bonds. The first-order chi connectivity index (χ1) is 8.30. The Morgan fingerprint density at radius 3 is 2.22 bits per heavy atom. The molecule has 0 unspecified atom stereocenters. The zero-order chi connectivity index (χ0) is 13.5. The maximum Gasteiger partial charge on any atom is 0.163 e. The van der Waals surface area contributed by atoms with Gasteiger partial charge in [0, 0.05) is 10.6 Å². The summed E-state index contributed by atoms with van der Waals surface area (Å²) < 4.78 is 2.79. The van der Waals surface area contributed by atoms with Crippen LogP contribution in [0.5, 0.6) is 0 Å². The quantitative estimate of drug-likeness (QED) is 0.756. The van der Waals surface area contributed by atoms with Gasteiger partial charge in [0.1, 0.15) is 5.82 Å². The van der Waals surface area contributed by atoms with Crippen LogP contribution < -0.4 is 5.73 Å². The van der Waals surface area contributed by atoms with Crippen molar-refractivity contribution in [1.82, 2.24) is 4.57 Å². The Labute approximate surface area is 121 Å². The second-order valence-corrected chi connectivity index (χ2v) is 7.18. The molecule has 96 valence electrons. The highest BCUT2D eigenvalue weighted by atomic mass is 35.5. The van der Waals surface area contributed by atoms with Gasteiger partial charge in [-0.1, -0.05) is 23.7 Å². The summed E-state index contributed by atoms with van der Waals surface area (Å²) in [6, 6.07) is 7.65. The standard InChI is InChI=1S/C13H15ClN2S2/c1-13(2,3)16-11(15)10(18-12(16)17)8-4-6-9(14)7-5-8/h4-7H,15H2,1-3H3. The molecule has 0 aliphatic carbocycles. The topological polar surface area (TPSA) is 30.9 Å². The van der Waals surface area contributed by atoms with Gasteiger partial charge in [0.05, 0.1) is 4.88 Å². The smallest absolute Gasteiger partial charge is 0.163 e. The summed E-state index contributed by atoms with van der Waals surface area (Å²) in [6.45, 7) is 6.28. The monoisotopic (exact) mass is 298 g/mol. The second kappa shape index (κ2) is 4.68. The minimum absolute atomic E-state index is 0.109. The average molecular weight is 299 g/mol. The van der Waals surface area contributed by atoms with Gasteiger partial charge in [0.25, 0.3) is 0 Å². The van der Waals surface area contributed by atoms with E-state index in [0.29, 0.717) is 0 Å². The first kappa shape index (κ1) is 13.6. The van der Waals surface area contributed by atoms with E-state index in [4.69, 9.17) is 29.6 Å². The van der Waals surface area contributed by atoms with Crippen molar-refractivity contribution >= 4 is 41.0 Å². The van der Waals surface area contributed by atoms with E-state index in [9.17, 15) is 0 Å². The number of benzene rings is 1. The molecule has 0 bridgehead atoms. The number of nitrogens with zero attached hydrogens (tertiary/aromatic N) is 1. The number of nitrogens with two attached hydrogens (primary N) is 1. The summed E-state index contributed by atoms with van der Waals surface area (Å²) in [7, 11) is 0. The van der Waals surface area contributed by atoms with Crippen molar-refractivity contribution in [2.45, 2.75) is 26.3 Å². The summed E-state index contributed by atoms with van der Waals surface area (Å²) in [5.41, 5.74) is 7.18. The third kappa shape index (κ3) is 2.46. The lowest BCUT2D eigenvalue weighted by Crippen LogP contribution is -2.23. The molecule has 2 nitrogen and oxygen atoms in total. The van der Waals surface area contributed by atoms with Crippen molar-refractivity contribution in [2.75, 3.05) is 5.73 Å². The molecule has 0 radical (unpaired) electrons. The van der Waals surface area contributed by atoms with E-state index in [-0.39, 0.29) is 5.54 Å². The van der Waals surface area contributed by atoms with Crippen molar-refractivity contribution < 1.29 is 0 Å². The van der Waals surface area contributed by atoms with Gasteiger partial charge in [-0.15, -0.1) is 11.3 Å². The molecule has 0 saturated carbocycles. The van der Waals surface area contributed by atoms with Gasteiger partial charge in [-0.05, 0) is 50.7 Å². The molecule has 1 heterocycles. The van der Waals surface area contributed by atoms with Crippen molar-refractivity contribution in [1.29, 1.82) is 0 Å². The van der Waals surface area contributed by atoms with Gasteiger partial charge in [0.15, 0.2) is 3.95 Å². The van der Waals surface area contributed by atoms with Crippen LogP contribution in [0.3, 0.4) is 0 Å². The van der Waals surface area contributed by atoms with Crippen molar-refractivity contribution in [2.24, 2.45) is 0 Å². The summed E-state index contributed by atoms with van der Waals surface area (Å²) in [4.78, 5) is 1.01. The Balaban J connectivity index is 2.61. The lowest BCUT2D eigenvalue weighted by molar-refractivity contribution is 0.402. The van der Waals surface area contributed by atoms with Crippen LogP contribution in [0, 0.1) is 3.95 Å². The molecular weight excluding hydrogens is 284 g/mol. The maximum atomic E-state index is 6.23. The first-order valence-corrected chi connectivity index (χ1v) is 7.18. The number of hydrogen-bond acceptors (Lipinski definition) is 3. The number of hydrogen-bond donors (Lipinski definition) is 1. The molecule has 2 rings (SSSR count). The van der Waals surface area contributed by atoms with Crippen LogP contribution in [0.1, 0.15) is 20.8 Å². The van der Waals surface area contributed by atoms with Gasteiger partial charge in [-0.3, -0.25) is 0 Å². The zero-order valence-electron chi connectivity index (χ0n) is 10.5. The fraction of sp³-hybridized carbons (Fsp3) is 0.308. The lowest BCUT2D eigenvalue weighted by atomic mass is 10.1. The zero-order valence-corrected chi connectivity index (χ0v) is 12.9. The van der Waals surface area contributed by atoms with E-state index in [1.165, 1.54) is 11.3 Å². The van der Waals surface area contributed by atoms with E-state index in [0.717, 1.165) is 25.2 Å². The summed E-state index contributed by atoms with van der Waals surface area (Å²) >= 11 is 12.8. The average Bonchev–Trinajstić information content (AvgIpc) is 2.54. The summed E-state index contributed by atoms with van der Waals surface area (Å²) in [5.74, 6) is 0.722. The molecular formula is C13H15ClN2S2. The normalized spacial score (nSPS) is 11.8. The molecule has 0 spiro atoms. The van der Waals surface area contributed by atoms with E-state index in [1.807, 2.05) is 28.8 Å². The highest BCUT2D eigenvalue weighted by Crippen LogP contribution is 2.36. The number of nitrogen functional groups attached to an aromatic ring is 1. The molecule has 2 aromatic rings. The molecule has 0 aliphatic heterocycles. The van der Waals surface area contributed by atoms with Gasteiger partial charge < -0.3 is 10.3 Å². The number of rotatable bonds is 1. The highest BCUT2D eigenvalue weighted by molar-refractivity contribution is 7.73. The maximum absolute atomic E-state index is 6.23. The SMILES string of the molecule is CC(C)(C)n1c(N)c(-c2ccc(Cl)cc2)sc1=S. The van der Waals surface area contributed by atoms with E-state index < -0.39 is 0 Å². The third-order valence-corrected chi connectivity index (χ3v) is 4.31. The summed E-state index contributed by atoms with van der Waals surface area (Å²) in [5, 5.41) is 0.719. The first-order valence-electron chi connectivity index (χ1n) is 5.58. The molecule has 18 heavy (non-hydrogen) atoms. The van der Waals surface area contributed by atoms with Gasteiger partial charge in [0.2, 0.25) is 0 Å². The molecule has 1 aromatic heterocycles. The van der Waals surface area contributed by atoms with E-state index >= 15 is 0 Å². The van der Waals surface area contributed by atoms with Crippen LogP contribution in [0.4, 0.5) is 5.82 Å². The summed E-state index contributed by atoms with van der Waals surface area (Å²) in [6.07, 6.45) is 0. The highest BCUT2D eigenvalue weighted by Gasteiger charge is 2.21. The van der Waals surface area contributed by atoms with Gasteiger partial charge in [-0.25, -0.2) is 0 Å². The van der Waals surface area contributed by atoms with Crippen molar-refractivity contribution in [3.63, 3.8) is 0 Å². The molecule has 2 N–H and O–H groups in total. The number of anilines is 1. The third-order valence-electron chi connectivity index (χ3n) is 2.62. The van der Waals surface area contributed by atoms with Crippen LogP contribution in [-0.4, -0.2) is 4.57 Å². The predicted octanol–water partition coefficient (Wildman–Crippen LogP) is 4.94. The van der Waals surface area contributed by atoms with E-state index in [1.54, 1.807) is 0 Å². The molecule has 5 heteroatoms. The number of aromatic nitrogens is 1. The van der Waals surface area contributed by atoms with Crippen LogP contribution in [-0.2, 0) is 5.54 Å². The van der Waals surface area contributed by atoms with Crippen LogP contribution in [0.2, 0.25) is 5.02 Å². The number of halogens is 1. The van der Waals surface area contributed by atoms with Crippen LogP contribution in [0.15, 0.2) is 24.3 Å². The van der Waals surface area contributed by atoms with Crippen LogP contribution >= 0.6 is 35.2 Å². The molecule has 0 aliphatic rings. The Kier molecular flexibility index (Phi) is 3.54. The molecule has 0 saturated heterocycles. The van der Waals surface area contributed by atoms with Gasteiger partial charge >= 0.3 is 0 Å². The molecule has 1 aromatic carbocycles. The minimum atomic E-state index is -0.109. The van der Waals surface area contributed by atoms with Crippen molar-refractivity contribution in [3.05, 3.63) is 33.2 Å². The van der Waals surface area contributed by atoms with Crippen molar-refractivity contribution in [3.8, 4) is 10.4 Å². The van der Waals surface area contributed by atoms with E-state index in [2.05, 4.69) is 20.8 Å². The predicted molar refractivity (Wildman–Crippen MR) is 83.0 cm³/mol. The number of thiazole rings is 1.